The van der Waals surface area contributed by atoms with Gasteiger partial charge in [0.1, 0.15) is 5.52 Å². The lowest BCUT2D eigenvalue weighted by atomic mass is 10.0. The number of fused-ring (bicyclic) bond motifs is 2. The second-order valence-electron chi connectivity index (χ2n) is 7.71. The van der Waals surface area contributed by atoms with Gasteiger partial charge in [-0.2, -0.15) is 5.10 Å². The molecular formula is C22H22N6O2. The first-order valence-electron chi connectivity index (χ1n) is 9.84. The van der Waals surface area contributed by atoms with E-state index in [9.17, 15) is 9.59 Å². The van der Waals surface area contributed by atoms with Crippen molar-refractivity contribution in [1.29, 1.82) is 0 Å². The topological polar surface area (TPSA) is 102 Å². The van der Waals surface area contributed by atoms with Crippen LogP contribution in [-0.2, 0) is 11.8 Å². The number of para-hydroxylation sites is 1. The van der Waals surface area contributed by atoms with Crippen molar-refractivity contribution in [3.63, 3.8) is 0 Å². The number of aryl methyl sites for hydroxylation is 1. The molecule has 1 unspecified atom stereocenters. The van der Waals surface area contributed by atoms with Gasteiger partial charge < -0.3 is 19.8 Å². The number of benzene rings is 1. The Kier molecular flexibility index (Phi) is 4.02. The minimum absolute atomic E-state index is 0.0250. The van der Waals surface area contributed by atoms with Crippen LogP contribution in [-0.4, -0.2) is 43.2 Å². The number of H-pyrrole nitrogens is 1. The monoisotopic (exact) mass is 402 g/mol. The summed E-state index contributed by atoms with van der Waals surface area (Å²) in [7, 11) is 2.00. The Morgan fingerprint density at radius 3 is 2.90 bits per heavy atom. The molecule has 4 heterocycles. The number of amides is 1. The first-order chi connectivity index (χ1) is 14.5. The average Bonchev–Trinajstić information content (AvgIpc) is 3.46. The van der Waals surface area contributed by atoms with Gasteiger partial charge >= 0.3 is 0 Å². The van der Waals surface area contributed by atoms with Crippen LogP contribution in [0.25, 0.3) is 32.9 Å². The van der Waals surface area contributed by atoms with Crippen molar-refractivity contribution in [2.24, 2.45) is 7.05 Å². The van der Waals surface area contributed by atoms with Gasteiger partial charge in [0.2, 0.25) is 5.91 Å². The molecule has 0 radical (unpaired) electrons. The summed E-state index contributed by atoms with van der Waals surface area (Å²) in [5.41, 5.74) is 9.39. The summed E-state index contributed by atoms with van der Waals surface area (Å²) in [5.74, 6) is 0.182. The Labute approximate surface area is 172 Å². The third-order valence-electron chi connectivity index (χ3n) is 6.01. The minimum Gasteiger partial charge on any atom is -0.382 e. The van der Waals surface area contributed by atoms with Gasteiger partial charge in [-0.25, -0.2) is 5.10 Å². The molecule has 1 saturated heterocycles. The molecule has 3 N–H and O–H groups in total. The fourth-order valence-electron chi connectivity index (χ4n) is 4.58. The highest BCUT2D eigenvalue weighted by Crippen LogP contribution is 2.39. The van der Waals surface area contributed by atoms with Crippen molar-refractivity contribution in [3.05, 3.63) is 59.7 Å². The van der Waals surface area contributed by atoms with Crippen LogP contribution in [0.2, 0.25) is 0 Å². The summed E-state index contributed by atoms with van der Waals surface area (Å²) in [6, 6.07) is 8.09. The van der Waals surface area contributed by atoms with Gasteiger partial charge in [0.05, 0.1) is 11.4 Å². The zero-order valence-corrected chi connectivity index (χ0v) is 16.6. The van der Waals surface area contributed by atoms with E-state index in [0.717, 1.165) is 28.5 Å². The highest BCUT2D eigenvalue weighted by atomic mass is 16.2. The molecule has 0 bridgehead atoms. The van der Waals surface area contributed by atoms with Crippen LogP contribution in [0, 0.1) is 0 Å². The second kappa shape index (κ2) is 6.62. The van der Waals surface area contributed by atoms with E-state index in [1.165, 1.54) is 6.08 Å². The predicted octanol–water partition coefficient (Wildman–Crippen LogP) is 2.42. The van der Waals surface area contributed by atoms with E-state index >= 15 is 0 Å². The van der Waals surface area contributed by atoms with Crippen LogP contribution >= 0.6 is 0 Å². The normalized spacial score (nSPS) is 16.6. The number of aromatic nitrogens is 4. The minimum atomic E-state index is -0.292. The quantitative estimate of drug-likeness (QED) is 0.514. The molecule has 8 nitrogen and oxygen atoms in total. The second-order valence-corrected chi connectivity index (χ2v) is 7.71. The van der Waals surface area contributed by atoms with Gasteiger partial charge in [-0.15, -0.1) is 0 Å². The Bertz CT molecular complexity index is 1380. The van der Waals surface area contributed by atoms with Crippen molar-refractivity contribution in [3.8, 4) is 11.1 Å². The molecule has 1 fully saturated rings. The first kappa shape index (κ1) is 18.2. The maximum atomic E-state index is 12.8. The fourth-order valence-corrected chi connectivity index (χ4v) is 4.58. The predicted molar refractivity (Wildman–Crippen MR) is 117 cm³/mol. The van der Waals surface area contributed by atoms with E-state index in [1.807, 2.05) is 36.1 Å². The standard InChI is InChI=1S/C22H22N6O2/c1-3-18(29)27-9-8-13(10-27)28-12-16(19-20(28)22(30)25-24-21(19)23)15-11-26(2)17-7-5-4-6-14(15)17/h3-7,11-13H,1,8-10H2,2H3,(H2,23,24)(H,25,30). The molecule has 1 amide bonds. The van der Waals surface area contributed by atoms with Crippen LogP contribution in [0.1, 0.15) is 12.5 Å². The Hall–Kier alpha value is -3.81. The molecule has 8 heteroatoms. The van der Waals surface area contributed by atoms with E-state index in [0.29, 0.717) is 24.0 Å². The lowest BCUT2D eigenvalue weighted by Gasteiger charge is -2.16. The summed E-state index contributed by atoms with van der Waals surface area (Å²) < 4.78 is 4.02. The zero-order valence-electron chi connectivity index (χ0n) is 16.6. The number of likely N-dealkylation sites (tertiary alicyclic amines) is 1. The maximum absolute atomic E-state index is 12.8. The highest BCUT2D eigenvalue weighted by molar-refractivity contribution is 6.08. The average molecular weight is 402 g/mol. The van der Waals surface area contributed by atoms with Gasteiger partial charge in [-0.05, 0) is 18.6 Å². The van der Waals surface area contributed by atoms with Crippen molar-refractivity contribution >= 4 is 33.5 Å². The molecule has 0 spiro atoms. The van der Waals surface area contributed by atoms with E-state index in [1.54, 1.807) is 4.90 Å². The molecule has 30 heavy (non-hydrogen) atoms. The Morgan fingerprint density at radius 1 is 1.30 bits per heavy atom. The van der Waals surface area contributed by atoms with Gasteiger partial charge in [0.25, 0.3) is 5.56 Å². The third-order valence-corrected chi connectivity index (χ3v) is 6.01. The molecule has 4 aromatic rings. The number of carbonyl (C=O) groups is 1. The molecule has 1 aliphatic heterocycles. The van der Waals surface area contributed by atoms with Crippen molar-refractivity contribution in [2.45, 2.75) is 12.5 Å². The lowest BCUT2D eigenvalue weighted by molar-refractivity contribution is -0.125. The highest BCUT2D eigenvalue weighted by Gasteiger charge is 2.29. The summed E-state index contributed by atoms with van der Waals surface area (Å²) >= 11 is 0. The number of nitrogens with two attached hydrogens (primary N) is 1. The fraction of sp³-hybridized carbons (Fsp3) is 0.227. The van der Waals surface area contributed by atoms with E-state index in [4.69, 9.17) is 5.73 Å². The maximum Gasteiger partial charge on any atom is 0.288 e. The number of aromatic amines is 1. The number of nitrogens with zero attached hydrogens (tertiary/aromatic N) is 4. The summed E-state index contributed by atoms with van der Waals surface area (Å²) in [6.45, 7) is 4.71. The van der Waals surface area contributed by atoms with Crippen molar-refractivity contribution in [1.82, 2.24) is 24.2 Å². The van der Waals surface area contributed by atoms with Gasteiger partial charge in [0.15, 0.2) is 5.82 Å². The van der Waals surface area contributed by atoms with Crippen LogP contribution in [0.3, 0.4) is 0 Å². The molecule has 1 atom stereocenters. The van der Waals surface area contributed by atoms with E-state index in [-0.39, 0.29) is 23.3 Å². The summed E-state index contributed by atoms with van der Waals surface area (Å²) in [5, 5.41) is 8.24. The smallest absolute Gasteiger partial charge is 0.288 e. The molecule has 1 aromatic carbocycles. The lowest BCUT2D eigenvalue weighted by Crippen LogP contribution is -2.27. The molecule has 5 rings (SSSR count). The Balaban J connectivity index is 1.75. The third kappa shape index (κ3) is 2.57. The molecule has 0 saturated carbocycles. The van der Waals surface area contributed by atoms with E-state index < -0.39 is 0 Å². The molecule has 3 aromatic heterocycles. The number of hydrogen-bond donors (Lipinski definition) is 2. The van der Waals surface area contributed by atoms with Gasteiger partial charge in [0, 0.05) is 54.6 Å². The SMILES string of the molecule is C=CC(=O)N1CCC(n2cc(-c3cn(C)c4ccccc34)c3c(N)n[nH]c(=O)c32)C1. The van der Waals surface area contributed by atoms with Crippen LogP contribution in [0.15, 0.2) is 54.1 Å². The number of carbonyl (C=O) groups excluding carboxylic acids is 1. The number of rotatable bonds is 3. The van der Waals surface area contributed by atoms with Gasteiger partial charge in [-0.3, -0.25) is 9.59 Å². The molecule has 0 aliphatic carbocycles. The summed E-state index contributed by atoms with van der Waals surface area (Å²) in [6.07, 6.45) is 6.10. The molecule has 1 aliphatic rings. The summed E-state index contributed by atoms with van der Waals surface area (Å²) in [4.78, 5) is 26.6. The number of hydrogen-bond acceptors (Lipinski definition) is 4. The number of nitrogens with one attached hydrogen (secondary N) is 1. The van der Waals surface area contributed by atoms with Gasteiger partial charge in [-0.1, -0.05) is 24.8 Å². The van der Waals surface area contributed by atoms with Crippen molar-refractivity contribution < 1.29 is 4.79 Å². The van der Waals surface area contributed by atoms with E-state index in [2.05, 4.69) is 33.5 Å². The number of anilines is 1. The van der Waals surface area contributed by atoms with Crippen LogP contribution < -0.4 is 11.3 Å². The molecule has 152 valence electrons. The largest absolute Gasteiger partial charge is 0.382 e. The van der Waals surface area contributed by atoms with Crippen LogP contribution in [0.4, 0.5) is 5.82 Å². The first-order valence-corrected chi connectivity index (χ1v) is 9.84. The Morgan fingerprint density at radius 2 is 2.10 bits per heavy atom. The number of nitrogen functional groups attached to an aromatic ring is 1. The van der Waals surface area contributed by atoms with Crippen molar-refractivity contribution in [2.75, 3.05) is 18.8 Å². The molecular weight excluding hydrogens is 380 g/mol. The zero-order chi connectivity index (χ0) is 21.0. The van der Waals surface area contributed by atoms with Crippen LogP contribution in [0.5, 0.6) is 0 Å².